The molecule has 2 aromatic rings. The molecule has 2 heterocycles. The summed E-state index contributed by atoms with van der Waals surface area (Å²) in [6.07, 6.45) is 0. The lowest BCUT2D eigenvalue weighted by molar-refractivity contribution is -0.129. The molecular weight excluding hydrogens is 434 g/mol. The smallest absolute Gasteiger partial charge is 0.260 e. The Labute approximate surface area is 191 Å². The Morgan fingerprint density at radius 1 is 1.28 bits per heavy atom. The molecule has 9 heteroatoms. The third kappa shape index (κ3) is 4.71. The summed E-state index contributed by atoms with van der Waals surface area (Å²) in [5, 5.41) is 9.12. The number of hydrogen-bond acceptors (Lipinski definition) is 6. The first-order chi connectivity index (χ1) is 15.5. The van der Waals surface area contributed by atoms with Gasteiger partial charge in [0.2, 0.25) is 11.8 Å². The molecule has 1 unspecified atom stereocenters. The largest absolute Gasteiger partial charge is 0.491 e. The second kappa shape index (κ2) is 9.58. The molecule has 4 rings (SSSR count). The van der Waals surface area contributed by atoms with Crippen LogP contribution in [0.15, 0.2) is 47.5 Å². The average molecular weight is 458 g/mol. The first-order valence-electron chi connectivity index (χ1n) is 10.4. The van der Waals surface area contributed by atoms with E-state index < -0.39 is 0 Å². The summed E-state index contributed by atoms with van der Waals surface area (Å²) in [5.41, 5.74) is 1.77. The Hall–Kier alpha value is -3.10. The highest BCUT2D eigenvalue weighted by Gasteiger charge is 2.32. The number of anilines is 1. The minimum Gasteiger partial charge on any atom is -0.491 e. The lowest BCUT2D eigenvalue weighted by Gasteiger charge is -2.23. The number of nitrogens with zero attached hydrogens (tertiary/aromatic N) is 3. The number of hydrogen-bond donors (Lipinski definition) is 1. The molecule has 0 fully saturated rings. The number of aliphatic hydroxyl groups excluding tert-OH is 1. The molecule has 1 atom stereocenters. The van der Waals surface area contributed by atoms with Gasteiger partial charge >= 0.3 is 0 Å². The first kappa shape index (κ1) is 22.1. The van der Waals surface area contributed by atoms with Gasteiger partial charge in [0.15, 0.2) is 0 Å². The number of benzene rings is 2. The third-order valence-electron chi connectivity index (χ3n) is 5.25. The van der Waals surface area contributed by atoms with Crippen LogP contribution in [0.4, 0.5) is 5.69 Å². The second-order valence-electron chi connectivity index (χ2n) is 7.67. The van der Waals surface area contributed by atoms with Crippen LogP contribution in [0.3, 0.4) is 0 Å². The number of rotatable bonds is 6. The molecule has 32 heavy (non-hydrogen) atoms. The molecule has 0 saturated heterocycles. The second-order valence-corrected chi connectivity index (χ2v) is 8.07. The number of fused-ring (bicyclic) bond motifs is 1. The van der Waals surface area contributed by atoms with Crippen LogP contribution < -0.4 is 9.64 Å². The van der Waals surface area contributed by atoms with E-state index in [1.54, 1.807) is 17.0 Å². The highest BCUT2D eigenvalue weighted by Crippen LogP contribution is 2.30. The van der Waals surface area contributed by atoms with Gasteiger partial charge in [0.1, 0.15) is 25.5 Å². The Balaban J connectivity index is 1.61. The standard InChI is InChI=1S/C23H24ClN3O5/c1-15-14-32-21(25-15)12-26-11-16-4-2-3-5-20(16)27(13-22(26)29)23(30)18-7-6-17(10-19(18)24)31-9-8-28/h2-7,10,15,28H,8-9,11-14H2,1H3. The van der Waals surface area contributed by atoms with Gasteiger partial charge in [-0.25, -0.2) is 4.99 Å². The van der Waals surface area contributed by atoms with Crippen molar-refractivity contribution in [3.8, 4) is 5.75 Å². The summed E-state index contributed by atoms with van der Waals surface area (Å²) in [4.78, 5) is 34.1. The molecule has 168 valence electrons. The van der Waals surface area contributed by atoms with Crippen LogP contribution in [0.5, 0.6) is 5.75 Å². The number of aliphatic imine (C=N–C) groups is 1. The Bertz CT molecular complexity index is 1060. The molecule has 1 N–H and O–H groups in total. The normalized spacial score (nSPS) is 18.0. The van der Waals surface area contributed by atoms with E-state index in [9.17, 15) is 9.59 Å². The quantitative estimate of drug-likeness (QED) is 0.719. The maximum atomic E-state index is 13.4. The van der Waals surface area contributed by atoms with Crippen molar-refractivity contribution in [1.82, 2.24) is 4.90 Å². The highest BCUT2D eigenvalue weighted by molar-refractivity contribution is 6.34. The summed E-state index contributed by atoms with van der Waals surface area (Å²) in [6.45, 7) is 2.94. The number of aliphatic hydroxyl groups is 1. The van der Waals surface area contributed by atoms with Gasteiger partial charge in [-0.2, -0.15) is 0 Å². The molecule has 0 radical (unpaired) electrons. The van der Waals surface area contributed by atoms with E-state index in [2.05, 4.69) is 4.99 Å². The van der Waals surface area contributed by atoms with Crippen LogP contribution in [0.1, 0.15) is 22.8 Å². The molecule has 2 aromatic carbocycles. The van der Waals surface area contributed by atoms with Crippen molar-refractivity contribution in [2.24, 2.45) is 4.99 Å². The lowest BCUT2D eigenvalue weighted by Crippen LogP contribution is -2.42. The Morgan fingerprint density at radius 3 is 2.81 bits per heavy atom. The zero-order valence-corrected chi connectivity index (χ0v) is 18.4. The number of halogens is 1. The molecule has 0 aromatic heterocycles. The minimum absolute atomic E-state index is 0.0731. The van der Waals surface area contributed by atoms with E-state index >= 15 is 0 Å². The zero-order valence-electron chi connectivity index (χ0n) is 17.7. The monoisotopic (exact) mass is 457 g/mol. The van der Waals surface area contributed by atoms with Gasteiger partial charge in [0.25, 0.3) is 5.91 Å². The fourth-order valence-corrected chi connectivity index (χ4v) is 3.95. The molecule has 8 nitrogen and oxygen atoms in total. The molecule has 2 aliphatic heterocycles. The fraction of sp³-hybridized carbons (Fsp3) is 0.348. The molecule has 0 bridgehead atoms. The van der Waals surface area contributed by atoms with Crippen molar-refractivity contribution in [3.63, 3.8) is 0 Å². The van der Waals surface area contributed by atoms with Gasteiger partial charge in [-0.1, -0.05) is 29.8 Å². The maximum Gasteiger partial charge on any atom is 0.260 e. The van der Waals surface area contributed by atoms with Crippen LogP contribution in [0, 0.1) is 0 Å². The van der Waals surface area contributed by atoms with Crippen LogP contribution in [-0.2, 0) is 16.1 Å². The summed E-state index contributed by atoms with van der Waals surface area (Å²) < 4.78 is 10.9. The predicted molar refractivity (Wildman–Crippen MR) is 120 cm³/mol. The topological polar surface area (TPSA) is 91.7 Å². The molecule has 2 aliphatic rings. The van der Waals surface area contributed by atoms with Gasteiger partial charge in [-0.05, 0) is 36.8 Å². The zero-order chi connectivity index (χ0) is 22.7. The summed E-state index contributed by atoms with van der Waals surface area (Å²) in [5.74, 6) is 0.393. The third-order valence-corrected chi connectivity index (χ3v) is 5.56. The van der Waals surface area contributed by atoms with Crippen LogP contribution >= 0.6 is 11.6 Å². The number of carbonyl (C=O) groups is 2. The van der Waals surface area contributed by atoms with Crippen molar-refractivity contribution in [2.75, 3.05) is 37.8 Å². The van der Waals surface area contributed by atoms with E-state index in [4.69, 9.17) is 26.2 Å². The van der Waals surface area contributed by atoms with Gasteiger partial charge in [-0.3, -0.25) is 14.5 Å². The highest BCUT2D eigenvalue weighted by atomic mass is 35.5. The predicted octanol–water partition coefficient (Wildman–Crippen LogP) is 2.52. The fourth-order valence-electron chi connectivity index (χ4n) is 3.70. The maximum absolute atomic E-state index is 13.4. The SMILES string of the molecule is CC1COC(CN2Cc3ccccc3N(C(=O)c3ccc(OCCO)cc3Cl)CC2=O)=N1. The van der Waals surface area contributed by atoms with E-state index in [1.807, 2.05) is 31.2 Å². The molecule has 0 aliphatic carbocycles. The molecule has 0 spiro atoms. The summed E-state index contributed by atoms with van der Waals surface area (Å²) in [6, 6.07) is 12.2. The Morgan fingerprint density at radius 2 is 2.09 bits per heavy atom. The van der Waals surface area contributed by atoms with Crippen molar-refractivity contribution in [1.29, 1.82) is 0 Å². The first-order valence-corrected chi connectivity index (χ1v) is 10.7. The van der Waals surface area contributed by atoms with Crippen molar-refractivity contribution in [2.45, 2.75) is 19.5 Å². The van der Waals surface area contributed by atoms with E-state index in [0.29, 0.717) is 30.5 Å². The number of amides is 2. The molecule has 2 amide bonds. The van der Waals surface area contributed by atoms with Gasteiger partial charge in [0, 0.05) is 12.2 Å². The Kier molecular flexibility index (Phi) is 6.62. The number of para-hydroxylation sites is 1. The van der Waals surface area contributed by atoms with Gasteiger partial charge < -0.3 is 19.5 Å². The molecule has 0 saturated carbocycles. The van der Waals surface area contributed by atoms with Crippen LogP contribution in [0.2, 0.25) is 5.02 Å². The van der Waals surface area contributed by atoms with Gasteiger partial charge in [0.05, 0.1) is 29.8 Å². The van der Waals surface area contributed by atoms with E-state index in [0.717, 1.165) is 5.56 Å². The number of carbonyl (C=O) groups excluding carboxylic acids is 2. The number of ether oxygens (including phenoxy) is 2. The van der Waals surface area contributed by atoms with Crippen LogP contribution in [-0.4, -0.2) is 66.7 Å². The lowest BCUT2D eigenvalue weighted by atomic mass is 10.1. The van der Waals surface area contributed by atoms with Crippen LogP contribution in [0.25, 0.3) is 0 Å². The molecular formula is C23H24ClN3O5. The average Bonchev–Trinajstić information content (AvgIpc) is 3.13. The van der Waals surface area contributed by atoms with E-state index in [-0.39, 0.29) is 54.7 Å². The van der Waals surface area contributed by atoms with Gasteiger partial charge in [-0.15, -0.1) is 0 Å². The van der Waals surface area contributed by atoms with Crippen molar-refractivity contribution in [3.05, 3.63) is 58.6 Å². The van der Waals surface area contributed by atoms with E-state index in [1.165, 1.54) is 11.0 Å². The summed E-state index contributed by atoms with van der Waals surface area (Å²) in [7, 11) is 0. The minimum atomic E-state index is -0.380. The summed E-state index contributed by atoms with van der Waals surface area (Å²) >= 11 is 6.36. The van der Waals surface area contributed by atoms with Crippen molar-refractivity contribution < 1.29 is 24.2 Å². The van der Waals surface area contributed by atoms with Crippen molar-refractivity contribution >= 4 is 35.0 Å².